The first-order valence-corrected chi connectivity index (χ1v) is 5.58. The zero-order valence-corrected chi connectivity index (χ0v) is 10.7. The third kappa shape index (κ3) is 3.84. The maximum Gasteiger partial charge on any atom is 0.194 e. The van der Waals surface area contributed by atoms with E-state index >= 15 is 0 Å². The van der Waals surface area contributed by atoms with Crippen molar-refractivity contribution in [1.29, 1.82) is 0 Å². The third-order valence-electron chi connectivity index (χ3n) is 2.59. The Labute approximate surface area is 104 Å². The fourth-order valence-corrected chi connectivity index (χ4v) is 1.63. The molecule has 0 atom stereocenters. The van der Waals surface area contributed by atoms with Crippen LogP contribution in [0, 0.1) is 19.3 Å². The molecule has 0 aliphatic carbocycles. The molecule has 0 aliphatic heterocycles. The largest absolute Gasteiger partial charge is 0.345 e. The summed E-state index contributed by atoms with van der Waals surface area (Å²) < 4.78 is 0. The lowest BCUT2D eigenvalue weighted by Gasteiger charge is -2.22. The summed E-state index contributed by atoms with van der Waals surface area (Å²) in [5.74, 6) is 3.36. The molecule has 0 fully saturated rings. The molecular weight excluding hydrogens is 210 g/mol. The highest BCUT2D eigenvalue weighted by molar-refractivity contribution is 5.79. The van der Waals surface area contributed by atoms with Gasteiger partial charge in [0.15, 0.2) is 5.96 Å². The number of terminal acetylenes is 1. The van der Waals surface area contributed by atoms with Gasteiger partial charge in [-0.15, -0.1) is 6.42 Å². The quantitative estimate of drug-likeness (QED) is 0.485. The predicted molar refractivity (Wildman–Crippen MR) is 72.8 cm³/mol. The third-order valence-corrected chi connectivity index (χ3v) is 2.59. The van der Waals surface area contributed by atoms with Crippen molar-refractivity contribution in [1.82, 2.24) is 10.2 Å². The topological polar surface area (TPSA) is 27.6 Å². The lowest BCUT2D eigenvalue weighted by molar-refractivity contribution is 0.479. The van der Waals surface area contributed by atoms with Crippen molar-refractivity contribution in [2.24, 2.45) is 4.99 Å². The van der Waals surface area contributed by atoms with Crippen molar-refractivity contribution in [3.05, 3.63) is 35.4 Å². The van der Waals surface area contributed by atoms with Gasteiger partial charge in [-0.25, -0.2) is 0 Å². The second kappa shape index (κ2) is 6.59. The highest BCUT2D eigenvalue weighted by atomic mass is 15.3. The van der Waals surface area contributed by atoms with Gasteiger partial charge in [-0.2, -0.15) is 0 Å². The predicted octanol–water partition coefficient (Wildman–Crippen LogP) is 1.64. The maximum atomic E-state index is 5.22. The van der Waals surface area contributed by atoms with Gasteiger partial charge in [0.2, 0.25) is 0 Å². The molecule has 0 bridgehead atoms. The summed E-state index contributed by atoms with van der Waals surface area (Å²) in [6.45, 7) is 3.42. The van der Waals surface area contributed by atoms with E-state index < -0.39 is 0 Å². The van der Waals surface area contributed by atoms with Crippen molar-refractivity contribution in [3.63, 3.8) is 0 Å². The molecule has 1 aromatic rings. The van der Waals surface area contributed by atoms with Crippen LogP contribution in [0.5, 0.6) is 0 Å². The number of benzene rings is 1. The minimum Gasteiger partial charge on any atom is -0.345 e. The van der Waals surface area contributed by atoms with Crippen LogP contribution in [0.15, 0.2) is 29.3 Å². The van der Waals surface area contributed by atoms with Crippen LogP contribution in [0.4, 0.5) is 0 Å². The molecule has 17 heavy (non-hydrogen) atoms. The van der Waals surface area contributed by atoms with Gasteiger partial charge >= 0.3 is 0 Å². The molecule has 0 amide bonds. The number of aryl methyl sites for hydroxylation is 1. The second-order valence-electron chi connectivity index (χ2n) is 3.89. The number of hydrogen-bond donors (Lipinski definition) is 1. The molecule has 0 heterocycles. The van der Waals surface area contributed by atoms with Crippen molar-refractivity contribution in [2.75, 3.05) is 20.6 Å². The molecule has 0 saturated carbocycles. The van der Waals surface area contributed by atoms with Gasteiger partial charge in [0.1, 0.15) is 0 Å². The number of nitrogens with zero attached hydrogens (tertiary/aromatic N) is 2. The fourth-order valence-electron chi connectivity index (χ4n) is 1.63. The van der Waals surface area contributed by atoms with Crippen LogP contribution >= 0.6 is 0 Å². The molecule has 0 saturated heterocycles. The van der Waals surface area contributed by atoms with Gasteiger partial charge in [-0.1, -0.05) is 30.2 Å². The molecule has 0 aromatic heterocycles. The van der Waals surface area contributed by atoms with Crippen LogP contribution in [0.3, 0.4) is 0 Å². The Bertz CT molecular complexity index is 429. The summed E-state index contributed by atoms with van der Waals surface area (Å²) in [6.07, 6.45) is 5.22. The highest BCUT2D eigenvalue weighted by Crippen LogP contribution is 2.09. The molecule has 1 N–H and O–H groups in total. The molecule has 0 unspecified atom stereocenters. The van der Waals surface area contributed by atoms with E-state index in [-0.39, 0.29) is 0 Å². The number of aliphatic imine (C=N–C) groups is 1. The summed E-state index contributed by atoms with van der Waals surface area (Å²) in [7, 11) is 3.76. The van der Waals surface area contributed by atoms with E-state index in [2.05, 4.69) is 40.2 Å². The Morgan fingerprint density at radius 3 is 2.76 bits per heavy atom. The summed E-state index contributed by atoms with van der Waals surface area (Å²) >= 11 is 0. The summed E-state index contributed by atoms with van der Waals surface area (Å²) in [4.78, 5) is 6.24. The van der Waals surface area contributed by atoms with Crippen LogP contribution < -0.4 is 5.32 Å². The van der Waals surface area contributed by atoms with Gasteiger partial charge in [-0.05, 0) is 18.1 Å². The molecule has 1 rings (SSSR count). The van der Waals surface area contributed by atoms with E-state index in [1.165, 1.54) is 11.1 Å². The number of rotatable bonds is 3. The maximum absolute atomic E-state index is 5.22. The zero-order valence-electron chi connectivity index (χ0n) is 10.7. The average molecular weight is 229 g/mol. The van der Waals surface area contributed by atoms with Gasteiger partial charge in [0.25, 0.3) is 0 Å². The van der Waals surface area contributed by atoms with E-state index in [9.17, 15) is 0 Å². The van der Waals surface area contributed by atoms with Crippen molar-refractivity contribution >= 4 is 5.96 Å². The van der Waals surface area contributed by atoms with E-state index in [0.29, 0.717) is 6.54 Å². The summed E-state index contributed by atoms with van der Waals surface area (Å²) in [5, 5.41) is 3.10. The van der Waals surface area contributed by atoms with Crippen molar-refractivity contribution in [2.45, 2.75) is 13.5 Å². The normalized spacial score (nSPS) is 10.8. The Balaban J connectivity index is 2.68. The van der Waals surface area contributed by atoms with Crippen LogP contribution in [0.2, 0.25) is 0 Å². The first kappa shape index (κ1) is 13.1. The highest BCUT2D eigenvalue weighted by Gasteiger charge is 2.06. The molecule has 3 heteroatoms. The van der Waals surface area contributed by atoms with Crippen LogP contribution in [-0.2, 0) is 6.54 Å². The molecule has 0 aliphatic rings. The van der Waals surface area contributed by atoms with Crippen molar-refractivity contribution in [3.8, 4) is 12.3 Å². The lowest BCUT2D eigenvalue weighted by atomic mass is 10.1. The minimum absolute atomic E-state index is 0.491. The standard InChI is InChI=1S/C14H19N3/c1-5-10-16-14(15-3)17(4)11-13-9-7-6-8-12(13)2/h1,6-9H,10-11H2,2-4H3,(H,15,16). The van der Waals surface area contributed by atoms with Gasteiger partial charge < -0.3 is 10.2 Å². The Morgan fingerprint density at radius 1 is 1.47 bits per heavy atom. The molecule has 0 radical (unpaired) electrons. The average Bonchev–Trinajstić information content (AvgIpc) is 2.33. The van der Waals surface area contributed by atoms with Crippen LogP contribution in [0.25, 0.3) is 0 Å². The fraction of sp³-hybridized carbons (Fsp3) is 0.357. The Kier molecular flexibility index (Phi) is 5.09. The molecular formula is C14H19N3. The van der Waals surface area contributed by atoms with Gasteiger partial charge in [0, 0.05) is 20.6 Å². The minimum atomic E-state index is 0.491. The molecule has 90 valence electrons. The van der Waals surface area contributed by atoms with Gasteiger partial charge in [0.05, 0.1) is 6.54 Å². The van der Waals surface area contributed by atoms with E-state index in [1.807, 2.05) is 19.2 Å². The van der Waals surface area contributed by atoms with Crippen LogP contribution in [-0.4, -0.2) is 31.5 Å². The number of nitrogens with one attached hydrogen (secondary N) is 1. The van der Waals surface area contributed by atoms with Crippen LogP contribution in [0.1, 0.15) is 11.1 Å². The van der Waals surface area contributed by atoms with E-state index in [1.54, 1.807) is 7.05 Å². The zero-order chi connectivity index (χ0) is 12.7. The number of hydrogen-bond acceptors (Lipinski definition) is 1. The Hall–Kier alpha value is -1.95. The van der Waals surface area contributed by atoms with E-state index in [4.69, 9.17) is 6.42 Å². The monoisotopic (exact) mass is 229 g/mol. The van der Waals surface area contributed by atoms with E-state index in [0.717, 1.165) is 12.5 Å². The summed E-state index contributed by atoms with van der Waals surface area (Å²) in [5.41, 5.74) is 2.57. The molecule has 0 spiro atoms. The summed E-state index contributed by atoms with van der Waals surface area (Å²) in [6, 6.07) is 8.33. The first-order chi connectivity index (χ1) is 8.19. The van der Waals surface area contributed by atoms with Gasteiger partial charge in [-0.3, -0.25) is 4.99 Å². The lowest BCUT2D eigenvalue weighted by Crippen LogP contribution is -2.38. The SMILES string of the molecule is C#CCNC(=NC)N(C)Cc1ccccc1C. The molecule has 1 aromatic carbocycles. The van der Waals surface area contributed by atoms with Crippen molar-refractivity contribution < 1.29 is 0 Å². The smallest absolute Gasteiger partial charge is 0.194 e. The molecule has 3 nitrogen and oxygen atoms in total. The second-order valence-corrected chi connectivity index (χ2v) is 3.89. The number of guanidine groups is 1. The first-order valence-electron chi connectivity index (χ1n) is 5.58. The Morgan fingerprint density at radius 2 is 2.18 bits per heavy atom.